The Bertz CT molecular complexity index is 348. The van der Waals surface area contributed by atoms with E-state index >= 15 is 0 Å². The number of rotatable bonds is 2. The third-order valence-corrected chi connectivity index (χ3v) is 3.20. The summed E-state index contributed by atoms with van der Waals surface area (Å²) in [6.45, 7) is 3.75. The number of halogens is 1. The first-order valence-electron chi connectivity index (χ1n) is 4.53. The van der Waals surface area contributed by atoms with Crippen LogP contribution in [0.4, 0.5) is 0 Å². The molecule has 2 heterocycles. The molecule has 0 bridgehead atoms. The Labute approximate surface area is 92.2 Å². The van der Waals surface area contributed by atoms with Crippen LogP contribution in [0.3, 0.4) is 0 Å². The maximum atomic E-state index is 5.82. The van der Waals surface area contributed by atoms with Gasteiger partial charge in [-0.2, -0.15) is 0 Å². The van der Waals surface area contributed by atoms with Crippen molar-refractivity contribution in [2.75, 3.05) is 6.54 Å². The van der Waals surface area contributed by atoms with E-state index in [4.69, 9.17) is 11.6 Å². The average Bonchev–Trinajstić information content (AvgIpc) is 2.72. The van der Waals surface area contributed by atoms with E-state index in [0.717, 1.165) is 23.4 Å². The fraction of sp³-hybridized carbons (Fsp3) is 0.444. The van der Waals surface area contributed by atoms with Gasteiger partial charge in [0.1, 0.15) is 0 Å². The van der Waals surface area contributed by atoms with Crippen LogP contribution in [-0.4, -0.2) is 18.5 Å². The molecule has 1 atom stereocenters. The molecule has 0 aliphatic carbocycles. The van der Waals surface area contributed by atoms with Crippen molar-refractivity contribution in [1.29, 1.82) is 0 Å². The molecule has 0 radical (unpaired) electrons. The lowest BCUT2D eigenvalue weighted by Crippen LogP contribution is -2.36. The third kappa shape index (κ3) is 2.39. The first kappa shape index (κ1) is 9.80. The summed E-state index contributed by atoms with van der Waals surface area (Å²) in [5.74, 6) is 0.891. The van der Waals surface area contributed by atoms with E-state index in [1.54, 1.807) is 11.3 Å². The van der Waals surface area contributed by atoms with E-state index in [-0.39, 0.29) is 0 Å². The van der Waals surface area contributed by atoms with Gasteiger partial charge in [0.25, 0.3) is 0 Å². The number of hydrogen-bond acceptors (Lipinski definition) is 4. The standard InChI is InChI=1S/C9H12ClN3S/c1-6-4-11-9(13-6)12-5-7-2-3-8(10)14-7/h2-3,6H,4-5H2,1H3,(H2,11,12,13). The molecule has 0 saturated heterocycles. The van der Waals surface area contributed by atoms with E-state index in [2.05, 4.69) is 22.5 Å². The second-order valence-corrected chi connectivity index (χ2v) is 5.09. The minimum Gasteiger partial charge on any atom is -0.352 e. The Hall–Kier alpha value is -0.740. The summed E-state index contributed by atoms with van der Waals surface area (Å²) in [7, 11) is 0. The van der Waals surface area contributed by atoms with Crippen molar-refractivity contribution < 1.29 is 0 Å². The Morgan fingerprint density at radius 2 is 2.57 bits per heavy atom. The van der Waals surface area contributed by atoms with Crippen molar-refractivity contribution in [3.63, 3.8) is 0 Å². The van der Waals surface area contributed by atoms with E-state index in [0.29, 0.717) is 6.04 Å². The van der Waals surface area contributed by atoms with Gasteiger partial charge < -0.3 is 10.6 Å². The molecular formula is C9H12ClN3S. The van der Waals surface area contributed by atoms with Crippen LogP contribution in [0, 0.1) is 0 Å². The number of nitrogens with one attached hydrogen (secondary N) is 2. The lowest BCUT2D eigenvalue weighted by Gasteiger charge is -2.07. The monoisotopic (exact) mass is 229 g/mol. The van der Waals surface area contributed by atoms with Crippen LogP contribution in [0.5, 0.6) is 0 Å². The van der Waals surface area contributed by atoms with E-state index in [1.165, 1.54) is 4.88 Å². The summed E-state index contributed by atoms with van der Waals surface area (Å²) < 4.78 is 0.830. The Morgan fingerprint density at radius 1 is 1.71 bits per heavy atom. The second kappa shape index (κ2) is 4.19. The molecule has 0 saturated carbocycles. The molecular weight excluding hydrogens is 218 g/mol. The summed E-state index contributed by atoms with van der Waals surface area (Å²) in [6, 6.07) is 4.39. The zero-order valence-electron chi connectivity index (χ0n) is 7.88. The molecule has 0 fully saturated rings. The van der Waals surface area contributed by atoms with Crippen LogP contribution < -0.4 is 10.6 Å². The summed E-state index contributed by atoms with van der Waals surface area (Å²) in [5.41, 5.74) is 0. The third-order valence-electron chi connectivity index (χ3n) is 1.97. The summed E-state index contributed by atoms with van der Waals surface area (Å²) in [6.07, 6.45) is 0. The van der Waals surface area contributed by atoms with Gasteiger partial charge >= 0.3 is 0 Å². The molecule has 2 rings (SSSR count). The Morgan fingerprint density at radius 3 is 3.14 bits per heavy atom. The second-order valence-electron chi connectivity index (χ2n) is 3.29. The molecule has 1 aliphatic rings. The minimum atomic E-state index is 0.449. The summed E-state index contributed by atoms with van der Waals surface area (Å²) in [4.78, 5) is 5.53. The van der Waals surface area contributed by atoms with Crippen molar-refractivity contribution >= 4 is 28.9 Å². The Balaban J connectivity index is 1.83. The smallest absolute Gasteiger partial charge is 0.191 e. The molecule has 1 aliphatic heterocycles. The van der Waals surface area contributed by atoms with E-state index in [9.17, 15) is 0 Å². The minimum absolute atomic E-state index is 0.449. The largest absolute Gasteiger partial charge is 0.352 e. The number of aliphatic imine (C=N–C) groups is 1. The highest BCUT2D eigenvalue weighted by atomic mass is 35.5. The molecule has 0 spiro atoms. The predicted octanol–water partition coefficient (Wildman–Crippen LogP) is 1.84. The molecule has 0 amide bonds. The van der Waals surface area contributed by atoms with Gasteiger partial charge in [0.05, 0.1) is 17.4 Å². The van der Waals surface area contributed by atoms with Crippen LogP contribution in [-0.2, 0) is 6.54 Å². The van der Waals surface area contributed by atoms with Gasteiger partial charge in [0.2, 0.25) is 0 Å². The van der Waals surface area contributed by atoms with Crippen molar-refractivity contribution in [2.45, 2.75) is 19.5 Å². The predicted molar refractivity (Wildman–Crippen MR) is 61.1 cm³/mol. The maximum absolute atomic E-state index is 5.82. The van der Waals surface area contributed by atoms with Crippen molar-refractivity contribution in [2.24, 2.45) is 4.99 Å². The molecule has 2 N–H and O–H groups in total. The highest BCUT2D eigenvalue weighted by Crippen LogP contribution is 2.20. The molecule has 1 unspecified atom stereocenters. The molecule has 5 heteroatoms. The van der Waals surface area contributed by atoms with Crippen LogP contribution >= 0.6 is 22.9 Å². The van der Waals surface area contributed by atoms with Gasteiger partial charge in [-0.1, -0.05) is 11.6 Å². The fourth-order valence-electron chi connectivity index (χ4n) is 1.28. The number of guanidine groups is 1. The number of thiophene rings is 1. The molecule has 1 aromatic heterocycles. The summed E-state index contributed by atoms with van der Waals surface area (Å²) in [5, 5.41) is 6.47. The quantitative estimate of drug-likeness (QED) is 0.812. The van der Waals surface area contributed by atoms with Crippen LogP contribution in [0.25, 0.3) is 0 Å². The van der Waals surface area contributed by atoms with Crippen LogP contribution in [0.2, 0.25) is 4.34 Å². The zero-order valence-corrected chi connectivity index (χ0v) is 9.45. The zero-order chi connectivity index (χ0) is 9.97. The van der Waals surface area contributed by atoms with Crippen LogP contribution in [0.1, 0.15) is 11.8 Å². The molecule has 76 valence electrons. The van der Waals surface area contributed by atoms with Gasteiger partial charge in [0, 0.05) is 10.9 Å². The molecule has 14 heavy (non-hydrogen) atoms. The SMILES string of the molecule is CC1CN=C(NCc2ccc(Cl)s2)N1. The van der Waals surface area contributed by atoms with E-state index < -0.39 is 0 Å². The van der Waals surface area contributed by atoms with Crippen molar-refractivity contribution in [3.8, 4) is 0 Å². The van der Waals surface area contributed by atoms with Gasteiger partial charge in [-0.05, 0) is 19.1 Å². The lowest BCUT2D eigenvalue weighted by molar-refractivity contribution is 0.714. The van der Waals surface area contributed by atoms with Gasteiger partial charge in [-0.15, -0.1) is 11.3 Å². The summed E-state index contributed by atoms with van der Waals surface area (Å²) >= 11 is 7.42. The lowest BCUT2D eigenvalue weighted by atomic mass is 10.4. The van der Waals surface area contributed by atoms with E-state index in [1.807, 2.05) is 12.1 Å². The van der Waals surface area contributed by atoms with Crippen molar-refractivity contribution in [1.82, 2.24) is 10.6 Å². The Kier molecular flexibility index (Phi) is 2.93. The topological polar surface area (TPSA) is 36.4 Å². The van der Waals surface area contributed by atoms with Crippen LogP contribution in [0.15, 0.2) is 17.1 Å². The highest BCUT2D eigenvalue weighted by molar-refractivity contribution is 7.16. The number of hydrogen-bond donors (Lipinski definition) is 2. The molecule has 0 aromatic carbocycles. The fourth-order valence-corrected chi connectivity index (χ4v) is 2.30. The molecule has 3 nitrogen and oxygen atoms in total. The highest BCUT2D eigenvalue weighted by Gasteiger charge is 2.11. The average molecular weight is 230 g/mol. The number of nitrogens with zero attached hydrogens (tertiary/aromatic N) is 1. The van der Waals surface area contributed by atoms with Gasteiger partial charge in [-0.25, -0.2) is 0 Å². The molecule has 1 aromatic rings. The maximum Gasteiger partial charge on any atom is 0.191 e. The van der Waals surface area contributed by atoms with Gasteiger partial charge in [0.15, 0.2) is 5.96 Å². The first-order valence-corrected chi connectivity index (χ1v) is 5.72. The van der Waals surface area contributed by atoms with Crippen molar-refractivity contribution in [3.05, 3.63) is 21.3 Å². The normalized spacial score (nSPS) is 20.4. The van der Waals surface area contributed by atoms with Gasteiger partial charge in [-0.3, -0.25) is 4.99 Å². The first-order chi connectivity index (χ1) is 6.74.